The molecule has 1 aromatic rings. The van der Waals surface area contributed by atoms with E-state index in [0.717, 1.165) is 5.56 Å². The number of aliphatic hydroxyl groups is 2. The number of benzene rings is 1. The van der Waals surface area contributed by atoms with Crippen LogP contribution in [0.3, 0.4) is 0 Å². The van der Waals surface area contributed by atoms with Crippen molar-refractivity contribution >= 4 is 31.0 Å². The normalized spacial score (nSPS) is 13.8. The Morgan fingerprint density at radius 2 is 1.75 bits per heavy atom. The van der Waals surface area contributed by atoms with Gasteiger partial charge in [-0.3, -0.25) is 0 Å². The summed E-state index contributed by atoms with van der Waals surface area (Å²) in [6, 6.07) is 6.31. The minimum atomic E-state index is -1.34. The first kappa shape index (κ1) is 27.1. The summed E-state index contributed by atoms with van der Waals surface area (Å²) in [5.74, 6) is -1.63. The molecule has 32 heavy (non-hydrogen) atoms. The standard InChI is InChI=1S/C21H31BN3O7/c1-13(27)17(25-16(22)10-23-20(30)32-21(2,3)4)18(28)24-15(11-26)19(29)31-12-14-8-6-5-7-9-14/h5-9,13,15,17,25-27H,10-12H2,1-4H3,(H,23,30)(H,24,28)/t13-,15-,17-/m0/s1. The third-order valence-corrected chi connectivity index (χ3v) is 3.94. The number of carbonyl (C=O) groups is 3. The molecular weight excluding hydrogens is 417 g/mol. The summed E-state index contributed by atoms with van der Waals surface area (Å²) in [4.78, 5) is 36.5. The Morgan fingerprint density at radius 3 is 2.28 bits per heavy atom. The van der Waals surface area contributed by atoms with Gasteiger partial charge in [0.1, 0.15) is 0 Å². The average molecular weight is 448 g/mol. The third-order valence-electron chi connectivity index (χ3n) is 3.94. The van der Waals surface area contributed by atoms with Gasteiger partial charge in [0.2, 0.25) is 0 Å². The molecule has 0 aromatic heterocycles. The molecule has 1 aromatic carbocycles. The first-order valence-corrected chi connectivity index (χ1v) is 10.1. The maximum atomic E-state index is 12.6. The molecule has 0 spiro atoms. The van der Waals surface area contributed by atoms with Crippen LogP contribution in [0, 0.1) is 0 Å². The Morgan fingerprint density at radius 1 is 1.12 bits per heavy atom. The van der Waals surface area contributed by atoms with E-state index in [1.54, 1.807) is 45.0 Å². The van der Waals surface area contributed by atoms with Crippen LogP contribution in [-0.2, 0) is 25.7 Å². The number of carbonyl (C=O) groups excluding carboxylic acids is 3. The summed E-state index contributed by atoms with van der Waals surface area (Å²) in [5, 5.41) is 26.8. The number of ether oxygens (including phenoxy) is 2. The van der Waals surface area contributed by atoms with Crippen molar-refractivity contribution < 1.29 is 34.1 Å². The molecule has 1 rings (SSSR count). The molecule has 0 aliphatic rings. The molecule has 2 amide bonds. The molecule has 0 saturated heterocycles. The Labute approximate surface area is 188 Å². The fourth-order valence-corrected chi connectivity index (χ4v) is 2.41. The van der Waals surface area contributed by atoms with Crippen LogP contribution >= 0.6 is 0 Å². The van der Waals surface area contributed by atoms with Gasteiger partial charge in [-0.1, -0.05) is 6.07 Å². The van der Waals surface area contributed by atoms with Gasteiger partial charge in [-0.05, 0) is 0 Å². The van der Waals surface area contributed by atoms with Crippen LogP contribution in [-0.4, -0.2) is 78.2 Å². The first-order chi connectivity index (χ1) is 14.9. The van der Waals surface area contributed by atoms with Crippen LogP contribution in [0.1, 0.15) is 33.3 Å². The third kappa shape index (κ3) is 10.4. The summed E-state index contributed by atoms with van der Waals surface area (Å²) in [5.41, 5.74) is 0.0271. The van der Waals surface area contributed by atoms with Crippen molar-refractivity contribution in [1.29, 1.82) is 0 Å². The number of aliphatic hydroxyl groups excluding tert-OH is 2. The van der Waals surface area contributed by atoms with Crippen LogP contribution in [0.25, 0.3) is 0 Å². The molecule has 175 valence electrons. The average Bonchev–Trinajstić information content (AvgIpc) is 2.71. The summed E-state index contributed by atoms with van der Waals surface area (Å²) >= 11 is 0. The van der Waals surface area contributed by atoms with Crippen LogP contribution in [0.2, 0.25) is 0 Å². The van der Waals surface area contributed by atoms with Gasteiger partial charge in [-0.25, -0.2) is 0 Å². The molecule has 0 aliphatic heterocycles. The van der Waals surface area contributed by atoms with Crippen LogP contribution in [0.5, 0.6) is 0 Å². The fraction of sp³-hybridized carbons (Fsp3) is 0.524. The molecule has 0 aliphatic carbocycles. The van der Waals surface area contributed by atoms with Crippen molar-refractivity contribution in [3.8, 4) is 0 Å². The Hall–Kier alpha value is -2.92. The second-order valence-electron chi connectivity index (χ2n) is 8.08. The second kappa shape index (κ2) is 12.8. The fourth-order valence-electron chi connectivity index (χ4n) is 2.41. The molecule has 0 saturated carbocycles. The Balaban J connectivity index is 2.61. The molecule has 10 nitrogen and oxygen atoms in total. The molecule has 0 unspecified atom stereocenters. The SMILES string of the molecule is [B]=C(CNC(=O)OC(C)(C)C)N[C@H](C(=O)N[C@@H](CO)C(=O)OCc1ccccc1)[C@H](C)O. The minimum absolute atomic E-state index is 0.0240. The molecule has 11 heteroatoms. The van der Waals surface area contributed by atoms with Gasteiger partial charge in [0, 0.05) is 0 Å². The van der Waals surface area contributed by atoms with Crippen molar-refractivity contribution in [1.82, 2.24) is 16.0 Å². The van der Waals surface area contributed by atoms with Gasteiger partial charge < -0.3 is 0 Å². The number of alkyl carbamates (subject to hydrolysis) is 1. The van der Waals surface area contributed by atoms with E-state index in [-0.39, 0.29) is 18.7 Å². The molecule has 1 radical (unpaired) electrons. The molecule has 0 fully saturated rings. The monoisotopic (exact) mass is 448 g/mol. The van der Waals surface area contributed by atoms with Crippen molar-refractivity contribution in [2.45, 2.75) is 58.1 Å². The van der Waals surface area contributed by atoms with Gasteiger partial charge in [0.15, 0.2) is 0 Å². The first-order valence-electron chi connectivity index (χ1n) is 10.1. The zero-order chi connectivity index (χ0) is 24.3. The topological polar surface area (TPSA) is 146 Å². The van der Waals surface area contributed by atoms with E-state index in [0.29, 0.717) is 0 Å². The molecule has 3 atom stereocenters. The van der Waals surface area contributed by atoms with E-state index in [1.807, 2.05) is 6.07 Å². The van der Waals surface area contributed by atoms with E-state index in [2.05, 4.69) is 16.0 Å². The van der Waals surface area contributed by atoms with E-state index in [1.165, 1.54) is 6.92 Å². The van der Waals surface area contributed by atoms with Crippen LogP contribution < -0.4 is 16.0 Å². The van der Waals surface area contributed by atoms with E-state index in [9.17, 15) is 24.6 Å². The van der Waals surface area contributed by atoms with E-state index in [4.69, 9.17) is 17.0 Å². The van der Waals surface area contributed by atoms with Crippen molar-refractivity contribution in [3.63, 3.8) is 0 Å². The van der Waals surface area contributed by atoms with Crippen molar-refractivity contribution in [2.24, 2.45) is 0 Å². The summed E-state index contributed by atoms with van der Waals surface area (Å²) in [6.45, 7) is 5.55. The predicted octanol–water partition coefficient (Wildman–Crippen LogP) is -0.631. The molecule has 0 bridgehead atoms. The summed E-state index contributed by atoms with van der Waals surface area (Å²) < 4.78 is 10.2. The van der Waals surface area contributed by atoms with Gasteiger partial charge >= 0.3 is 182 Å². The van der Waals surface area contributed by atoms with Gasteiger partial charge in [0.05, 0.1) is 0 Å². The molecule has 5 N–H and O–H groups in total. The van der Waals surface area contributed by atoms with Crippen LogP contribution in [0.15, 0.2) is 30.3 Å². The van der Waals surface area contributed by atoms with Gasteiger partial charge in [0.25, 0.3) is 0 Å². The van der Waals surface area contributed by atoms with Gasteiger partial charge in [-0.15, -0.1) is 0 Å². The van der Waals surface area contributed by atoms with Crippen LogP contribution in [0.4, 0.5) is 4.79 Å². The second-order valence-corrected chi connectivity index (χ2v) is 8.08. The summed E-state index contributed by atoms with van der Waals surface area (Å²) in [7, 11) is 5.80. The number of rotatable bonds is 11. The zero-order valence-electron chi connectivity index (χ0n) is 18.8. The zero-order valence-corrected chi connectivity index (χ0v) is 18.8. The van der Waals surface area contributed by atoms with E-state index >= 15 is 0 Å². The Kier molecular flexibility index (Phi) is 10.9. The number of amides is 2. The molecule has 0 heterocycles. The number of hydrogen-bond acceptors (Lipinski definition) is 8. The van der Waals surface area contributed by atoms with Gasteiger partial charge in [-0.2, -0.15) is 0 Å². The number of esters is 1. The number of nitrogens with one attached hydrogen (secondary N) is 3. The predicted molar refractivity (Wildman–Crippen MR) is 119 cm³/mol. The Bertz CT molecular complexity index is 781. The quantitative estimate of drug-likeness (QED) is 0.222. The number of hydrogen-bond donors (Lipinski definition) is 5. The molecular formula is C21H31BN3O7. The van der Waals surface area contributed by atoms with Crippen molar-refractivity contribution in [2.75, 3.05) is 13.2 Å². The van der Waals surface area contributed by atoms with E-state index < -0.39 is 48.4 Å². The maximum absolute atomic E-state index is 12.6. The summed E-state index contributed by atoms with van der Waals surface area (Å²) in [6.07, 6.45) is -1.92. The van der Waals surface area contributed by atoms with Crippen molar-refractivity contribution in [3.05, 3.63) is 35.9 Å².